The van der Waals surface area contributed by atoms with Crippen molar-refractivity contribution in [2.45, 2.75) is 32.2 Å². The lowest BCUT2D eigenvalue weighted by atomic mass is 9.97. The van der Waals surface area contributed by atoms with E-state index in [0.717, 1.165) is 10.5 Å². The van der Waals surface area contributed by atoms with Crippen LogP contribution in [0.1, 0.15) is 34.3 Å². The van der Waals surface area contributed by atoms with Crippen molar-refractivity contribution < 1.29 is 19.2 Å². The van der Waals surface area contributed by atoms with Crippen LogP contribution in [-0.2, 0) is 20.8 Å². The Morgan fingerprint density at radius 1 is 1.33 bits per heavy atom. The van der Waals surface area contributed by atoms with Crippen LogP contribution in [0.3, 0.4) is 0 Å². The molecular weight excluding hydrogens is 310 g/mol. The Balaban J connectivity index is 3.27. The van der Waals surface area contributed by atoms with E-state index < -0.39 is 17.9 Å². The smallest absolute Gasteiger partial charge is 0.261 e. The molecule has 0 fully saturated rings. The fraction of sp³-hybridized carbons (Fsp3) is 0.412. The normalized spacial score (nSPS) is 11.5. The molecule has 3 amide bonds. The molecule has 1 aromatic rings. The molecular formula is C17H23N3O4. The van der Waals surface area contributed by atoms with E-state index in [9.17, 15) is 19.2 Å². The van der Waals surface area contributed by atoms with Crippen molar-refractivity contribution in [1.82, 2.24) is 10.2 Å². The van der Waals surface area contributed by atoms with Crippen molar-refractivity contribution in [3.8, 4) is 0 Å². The minimum atomic E-state index is -1.03. The summed E-state index contributed by atoms with van der Waals surface area (Å²) in [5.74, 6) is -1.06. The highest BCUT2D eigenvalue weighted by Crippen LogP contribution is 2.19. The second-order valence-electron chi connectivity index (χ2n) is 5.34. The van der Waals surface area contributed by atoms with E-state index in [1.165, 1.54) is 7.05 Å². The second kappa shape index (κ2) is 9.57. The highest BCUT2D eigenvalue weighted by atomic mass is 16.2. The van der Waals surface area contributed by atoms with Crippen LogP contribution in [0.25, 0.3) is 0 Å². The van der Waals surface area contributed by atoms with Gasteiger partial charge in [0.25, 0.3) is 5.91 Å². The summed E-state index contributed by atoms with van der Waals surface area (Å²) < 4.78 is 0. The molecule has 0 aliphatic carbocycles. The number of aryl methyl sites for hydroxylation is 1. The zero-order valence-electron chi connectivity index (χ0n) is 14.0. The number of aldehydes is 1. The van der Waals surface area contributed by atoms with E-state index in [1.807, 2.05) is 6.07 Å². The number of imide groups is 1. The number of amides is 3. The summed E-state index contributed by atoms with van der Waals surface area (Å²) in [5, 5.41) is 2.42. The van der Waals surface area contributed by atoms with E-state index in [4.69, 9.17) is 5.73 Å². The number of nitrogens with zero attached hydrogens (tertiary/aromatic N) is 1. The number of carbonyl (C=O) groups excluding carboxylic acids is 4. The Hall–Kier alpha value is -2.54. The van der Waals surface area contributed by atoms with Crippen LogP contribution < -0.4 is 11.1 Å². The molecule has 130 valence electrons. The van der Waals surface area contributed by atoms with Gasteiger partial charge in [0, 0.05) is 19.0 Å². The summed E-state index contributed by atoms with van der Waals surface area (Å²) in [7, 11) is 1.41. The first kappa shape index (κ1) is 19.5. The minimum Gasteiger partial charge on any atom is -0.357 e. The lowest BCUT2D eigenvalue weighted by Gasteiger charge is -2.26. The van der Waals surface area contributed by atoms with Gasteiger partial charge in [-0.15, -0.1) is 0 Å². The minimum absolute atomic E-state index is 0.0686. The number of hydrogen-bond acceptors (Lipinski definition) is 5. The van der Waals surface area contributed by atoms with Gasteiger partial charge in [0.15, 0.2) is 0 Å². The maximum atomic E-state index is 12.9. The monoisotopic (exact) mass is 333 g/mol. The lowest BCUT2D eigenvalue weighted by Crippen LogP contribution is -2.48. The Morgan fingerprint density at radius 2 is 2.04 bits per heavy atom. The van der Waals surface area contributed by atoms with Gasteiger partial charge in [0.1, 0.15) is 12.3 Å². The molecule has 0 radical (unpaired) electrons. The van der Waals surface area contributed by atoms with Crippen molar-refractivity contribution >= 4 is 24.5 Å². The number of carbonyl (C=O) groups is 4. The third-order valence-electron chi connectivity index (χ3n) is 3.78. The summed E-state index contributed by atoms with van der Waals surface area (Å²) >= 11 is 0. The SMILES string of the molecule is CNC(=O)C(CCC=O)N(C=O)C(=O)c1c(C)cccc1CCN. The number of likely N-dealkylation sites (N-methyl/N-ethyl adjacent to an activating group) is 1. The lowest BCUT2D eigenvalue weighted by molar-refractivity contribution is -0.131. The first-order valence-corrected chi connectivity index (χ1v) is 7.73. The van der Waals surface area contributed by atoms with E-state index >= 15 is 0 Å². The fourth-order valence-electron chi connectivity index (χ4n) is 2.58. The van der Waals surface area contributed by atoms with E-state index in [2.05, 4.69) is 5.32 Å². The summed E-state index contributed by atoms with van der Waals surface area (Å²) in [6, 6.07) is 4.31. The van der Waals surface area contributed by atoms with Crippen LogP contribution in [0.2, 0.25) is 0 Å². The Labute approximate surface area is 141 Å². The number of rotatable bonds is 9. The van der Waals surface area contributed by atoms with Gasteiger partial charge in [-0.3, -0.25) is 19.3 Å². The van der Waals surface area contributed by atoms with Crippen LogP contribution in [0.15, 0.2) is 18.2 Å². The maximum absolute atomic E-state index is 12.9. The number of hydrogen-bond donors (Lipinski definition) is 2. The molecule has 1 aromatic carbocycles. The van der Waals surface area contributed by atoms with Gasteiger partial charge >= 0.3 is 0 Å². The topological polar surface area (TPSA) is 110 Å². The van der Waals surface area contributed by atoms with Gasteiger partial charge in [-0.2, -0.15) is 0 Å². The third-order valence-corrected chi connectivity index (χ3v) is 3.78. The van der Waals surface area contributed by atoms with Crippen LogP contribution in [0.4, 0.5) is 0 Å². The van der Waals surface area contributed by atoms with Crippen LogP contribution in [-0.4, -0.2) is 49.0 Å². The van der Waals surface area contributed by atoms with Crippen LogP contribution >= 0.6 is 0 Å². The molecule has 3 N–H and O–H groups in total. The van der Waals surface area contributed by atoms with Gasteiger partial charge < -0.3 is 15.8 Å². The molecule has 1 unspecified atom stereocenters. The molecule has 1 rings (SSSR count). The molecule has 0 aliphatic rings. The van der Waals surface area contributed by atoms with Crippen LogP contribution in [0, 0.1) is 6.92 Å². The molecule has 0 saturated carbocycles. The Morgan fingerprint density at radius 3 is 2.58 bits per heavy atom. The van der Waals surface area contributed by atoms with Gasteiger partial charge in [-0.25, -0.2) is 0 Å². The number of benzene rings is 1. The van der Waals surface area contributed by atoms with E-state index in [-0.39, 0.29) is 12.8 Å². The molecule has 7 nitrogen and oxygen atoms in total. The average molecular weight is 333 g/mol. The van der Waals surface area contributed by atoms with Gasteiger partial charge in [-0.1, -0.05) is 18.2 Å². The highest BCUT2D eigenvalue weighted by molar-refractivity contribution is 6.05. The van der Waals surface area contributed by atoms with E-state index in [1.54, 1.807) is 19.1 Å². The molecule has 0 bridgehead atoms. The second-order valence-corrected chi connectivity index (χ2v) is 5.34. The zero-order chi connectivity index (χ0) is 18.1. The average Bonchev–Trinajstić information content (AvgIpc) is 2.58. The Bertz CT molecular complexity index is 616. The predicted molar refractivity (Wildman–Crippen MR) is 89.3 cm³/mol. The number of nitrogens with two attached hydrogens (primary N) is 1. The van der Waals surface area contributed by atoms with Crippen LogP contribution in [0.5, 0.6) is 0 Å². The van der Waals surface area contributed by atoms with E-state index in [0.29, 0.717) is 36.8 Å². The Kier molecular flexibility index (Phi) is 7.77. The first-order chi connectivity index (χ1) is 11.5. The number of nitrogens with one attached hydrogen (secondary N) is 1. The molecule has 0 spiro atoms. The molecule has 0 aliphatic heterocycles. The van der Waals surface area contributed by atoms with Gasteiger partial charge in [0.2, 0.25) is 12.3 Å². The van der Waals surface area contributed by atoms with Gasteiger partial charge in [-0.05, 0) is 37.4 Å². The molecule has 7 heteroatoms. The molecule has 1 atom stereocenters. The molecule has 0 heterocycles. The van der Waals surface area contributed by atoms with Crippen molar-refractivity contribution in [2.24, 2.45) is 5.73 Å². The highest BCUT2D eigenvalue weighted by Gasteiger charge is 2.31. The predicted octanol–water partition coefficient (Wildman–Crippen LogP) is 0.189. The van der Waals surface area contributed by atoms with Gasteiger partial charge in [0.05, 0.1) is 0 Å². The standard InChI is InChI=1S/C17H23N3O4/c1-12-5-3-6-13(8-9-18)15(12)17(24)20(11-22)14(7-4-10-21)16(23)19-2/h3,5-6,10-11,14H,4,7-9,18H2,1-2H3,(H,19,23). The summed E-state index contributed by atoms with van der Waals surface area (Å²) in [6.07, 6.45) is 1.61. The zero-order valence-corrected chi connectivity index (χ0v) is 14.0. The van der Waals surface area contributed by atoms with Crippen molar-refractivity contribution in [3.63, 3.8) is 0 Å². The van der Waals surface area contributed by atoms with Crippen molar-refractivity contribution in [2.75, 3.05) is 13.6 Å². The fourth-order valence-corrected chi connectivity index (χ4v) is 2.58. The molecule has 0 saturated heterocycles. The third kappa shape index (κ3) is 4.48. The summed E-state index contributed by atoms with van der Waals surface area (Å²) in [5.41, 5.74) is 7.38. The largest absolute Gasteiger partial charge is 0.357 e. The molecule has 24 heavy (non-hydrogen) atoms. The van der Waals surface area contributed by atoms with Crippen molar-refractivity contribution in [3.05, 3.63) is 34.9 Å². The maximum Gasteiger partial charge on any atom is 0.261 e. The first-order valence-electron chi connectivity index (χ1n) is 7.73. The molecule has 0 aromatic heterocycles. The quantitative estimate of drug-likeness (QED) is 0.627. The van der Waals surface area contributed by atoms with Crippen molar-refractivity contribution in [1.29, 1.82) is 0 Å². The summed E-state index contributed by atoms with van der Waals surface area (Å²) in [6.45, 7) is 2.12. The summed E-state index contributed by atoms with van der Waals surface area (Å²) in [4.78, 5) is 48.0.